The number of rotatable bonds is 7. The van der Waals surface area contributed by atoms with Crippen LogP contribution >= 0.6 is 0 Å². The number of hydrogen-bond donors (Lipinski definition) is 2. The lowest BCUT2D eigenvalue weighted by Gasteiger charge is -2.13. The zero-order chi connectivity index (χ0) is 13.5. The van der Waals surface area contributed by atoms with Crippen molar-refractivity contribution < 1.29 is 14.8 Å². The average Bonchev–Trinajstić information content (AvgIpc) is 2.33. The molecule has 0 heterocycles. The number of aliphatic hydroxyl groups is 1. The van der Waals surface area contributed by atoms with Crippen molar-refractivity contribution >= 4 is 5.69 Å². The molecule has 0 aliphatic carbocycles. The van der Waals surface area contributed by atoms with Gasteiger partial charge in [0.2, 0.25) is 0 Å². The van der Waals surface area contributed by atoms with E-state index in [4.69, 9.17) is 9.84 Å². The normalized spacial score (nSPS) is 10.7. The van der Waals surface area contributed by atoms with Crippen LogP contribution < -0.4 is 10.1 Å². The molecule has 0 amide bonds. The number of aliphatic hydroxyl groups excluding tert-OH is 1. The second-order valence-corrected chi connectivity index (χ2v) is 4.16. The summed E-state index contributed by atoms with van der Waals surface area (Å²) in [6.45, 7) is 4.55. The van der Waals surface area contributed by atoms with E-state index in [0.29, 0.717) is 17.9 Å². The smallest absolute Gasteiger partial charge is 0.270 e. The van der Waals surface area contributed by atoms with Crippen LogP contribution in [0.4, 0.5) is 5.69 Å². The predicted octanol–water partition coefficient (Wildman–Crippen LogP) is 1.46. The number of nitro benzene ring substituents is 1. The van der Waals surface area contributed by atoms with E-state index < -0.39 is 4.92 Å². The molecule has 0 aliphatic rings. The van der Waals surface area contributed by atoms with Gasteiger partial charge in [-0.25, -0.2) is 0 Å². The topological polar surface area (TPSA) is 84.6 Å². The van der Waals surface area contributed by atoms with Gasteiger partial charge in [0.1, 0.15) is 12.4 Å². The van der Waals surface area contributed by atoms with Gasteiger partial charge in [-0.1, -0.05) is 13.8 Å². The van der Waals surface area contributed by atoms with E-state index in [2.05, 4.69) is 5.32 Å². The summed E-state index contributed by atoms with van der Waals surface area (Å²) in [7, 11) is 0. The number of ether oxygens (including phenoxy) is 1. The minimum Gasteiger partial charge on any atom is -0.491 e. The molecular formula is C12H18N2O4. The van der Waals surface area contributed by atoms with Crippen molar-refractivity contribution in [2.75, 3.05) is 13.2 Å². The number of nitro groups is 1. The molecule has 1 aromatic carbocycles. The fourth-order valence-electron chi connectivity index (χ4n) is 1.43. The molecule has 0 aliphatic heterocycles. The van der Waals surface area contributed by atoms with Gasteiger partial charge in [-0.2, -0.15) is 0 Å². The minimum absolute atomic E-state index is 0.0342. The maximum Gasteiger partial charge on any atom is 0.270 e. The first-order valence-corrected chi connectivity index (χ1v) is 5.79. The lowest BCUT2D eigenvalue weighted by atomic mass is 10.1. The molecular weight excluding hydrogens is 236 g/mol. The third kappa shape index (κ3) is 4.31. The third-order valence-corrected chi connectivity index (χ3v) is 2.30. The summed E-state index contributed by atoms with van der Waals surface area (Å²) in [6.07, 6.45) is 0. The zero-order valence-electron chi connectivity index (χ0n) is 10.5. The quantitative estimate of drug-likeness (QED) is 0.568. The number of non-ortho nitro benzene ring substituents is 1. The van der Waals surface area contributed by atoms with Crippen LogP contribution in [0.2, 0.25) is 0 Å². The van der Waals surface area contributed by atoms with Crippen LogP contribution in [0.15, 0.2) is 18.2 Å². The summed E-state index contributed by atoms with van der Waals surface area (Å²) in [5.41, 5.74) is 0.748. The van der Waals surface area contributed by atoms with E-state index in [9.17, 15) is 10.1 Å². The highest BCUT2D eigenvalue weighted by molar-refractivity contribution is 5.43. The van der Waals surface area contributed by atoms with Crippen LogP contribution in [0.25, 0.3) is 0 Å². The number of nitrogens with one attached hydrogen (secondary N) is 1. The van der Waals surface area contributed by atoms with Crippen LogP contribution in [0.1, 0.15) is 19.4 Å². The van der Waals surface area contributed by atoms with Gasteiger partial charge >= 0.3 is 0 Å². The van der Waals surface area contributed by atoms with Gasteiger partial charge in [0.15, 0.2) is 0 Å². The minimum atomic E-state index is -0.436. The van der Waals surface area contributed by atoms with Crippen LogP contribution in [0.5, 0.6) is 5.75 Å². The Labute approximate surface area is 106 Å². The Hall–Kier alpha value is -1.66. The second-order valence-electron chi connectivity index (χ2n) is 4.16. The fraction of sp³-hybridized carbons (Fsp3) is 0.500. The number of nitrogens with zero attached hydrogens (tertiary/aromatic N) is 1. The van der Waals surface area contributed by atoms with E-state index in [-0.39, 0.29) is 24.9 Å². The maximum absolute atomic E-state index is 10.7. The highest BCUT2D eigenvalue weighted by Gasteiger charge is 2.11. The van der Waals surface area contributed by atoms with Gasteiger partial charge in [0, 0.05) is 30.3 Å². The molecule has 18 heavy (non-hydrogen) atoms. The first-order valence-electron chi connectivity index (χ1n) is 5.79. The Balaban J connectivity index is 2.90. The van der Waals surface area contributed by atoms with Crippen molar-refractivity contribution in [2.45, 2.75) is 26.4 Å². The fourth-order valence-corrected chi connectivity index (χ4v) is 1.43. The molecule has 0 bridgehead atoms. The van der Waals surface area contributed by atoms with Gasteiger partial charge in [-0.15, -0.1) is 0 Å². The molecule has 100 valence electrons. The molecule has 0 radical (unpaired) electrons. The van der Waals surface area contributed by atoms with E-state index >= 15 is 0 Å². The molecule has 6 nitrogen and oxygen atoms in total. The van der Waals surface area contributed by atoms with Crippen molar-refractivity contribution in [1.82, 2.24) is 5.32 Å². The second kappa shape index (κ2) is 6.93. The largest absolute Gasteiger partial charge is 0.491 e. The van der Waals surface area contributed by atoms with Crippen molar-refractivity contribution in [3.05, 3.63) is 33.9 Å². The molecule has 0 atom stereocenters. The molecule has 0 saturated heterocycles. The monoisotopic (exact) mass is 254 g/mol. The van der Waals surface area contributed by atoms with Gasteiger partial charge in [-0.05, 0) is 6.07 Å². The highest BCUT2D eigenvalue weighted by Crippen LogP contribution is 2.24. The predicted molar refractivity (Wildman–Crippen MR) is 67.7 cm³/mol. The average molecular weight is 254 g/mol. The van der Waals surface area contributed by atoms with E-state index in [1.165, 1.54) is 12.1 Å². The van der Waals surface area contributed by atoms with Gasteiger partial charge in [0.05, 0.1) is 11.5 Å². The van der Waals surface area contributed by atoms with E-state index in [1.807, 2.05) is 13.8 Å². The summed E-state index contributed by atoms with van der Waals surface area (Å²) < 4.78 is 5.34. The standard InChI is InChI=1S/C12H18N2O4/c1-9(2)13-8-10-7-11(14(16)17)3-4-12(10)18-6-5-15/h3-4,7,9,13,15H,5-6,8H2,1-2H3. The van der Waals surface area contributed by atoms with Gasteiger partial charge in [0.25, 0.3) is 5.69 Å². The van der Waals surface area contributed by atoms with Gasteiger partial charge < -0.3 is 15.2 Å². The molecule has 1 aromatic rings. The summed E-state index contributed by atoms with van der Waals surface area (Å²) in [4.78, 5) is 10.3. The molecule has 1 rings (SSSR count). The first-order chi connectivity index (χ1) is 8.54. The van der Waals surface area contributed by atoms with Crippen molar-refractivity contribution in [1.29, 1.82) is 0 Å². The number of benzene rings is 1. The lowest BCUT2D eigenvalue weighted by molar-refractivity contribution is -0.384. The lowest BCUT2D eigenvalue weighted by Crippen LogP contribution is -2.22. The molecule has 6 heteroatoms. The van der Waals surface area contributed by atoms with E-state index in [0.717, 1.165) is 0 Å². The Bertz CT molecular complexity index is 407. The van der Waals surface area contributed by atoms with Crippen LogP contribution in [0, 0.1) is 10.1 Å². The Morgan fingerprint density at radius 2 is 2.22 bits per heavy atom. The third-order valence-electron chi connectivity index (χ3n) is 2.30. The van der Waals surface area contributed by atoms with Crippen LogP contribution in [-0.2, 0) is 6.54 Å². The summed E-state index contributed by atoms with van der Waals surface area (Å²) >= 11 is 0. The first kappa shape index (κ1) is 14.4. The van der Waals surface area contributed by atoms with Gasteiger partial charge in [-0.3, -0.25) is 10.1 Å². The highest BCUT2D eigenvalue weighted by atomic mass is 16.6. The zero-order valence-corrected chi connectivity index (χ0v) is 10.5. The summed E-state index contributed by atoms with van der Waals surface area (Å²) in [5.74, 6) is 0.558. The molecule has 0 aromatic heterocycles. The van der Waals surface area contributed by atoms with Crippen molar-refractivity contribution in [2.24, 2.45) is 0 Å². The van der Waals surface area contributed by atoms with Crippen LogP contribution in [0.3, 0.4) is 0 Å². The Morgan fingerprint density at radius 1 is 1.50 bits per heavy atom. The molecule has 0 fully saturated rings. The maximum atomic E-state index is 10.7. The summed E-state index contributed by atoms with van der Waals surface area (Å²) in [6, 6.07) is 4.72. The Morgan fingerprint density at radius 3 is 2.78 bits per heavy atom. The molecule has 0 spiro atoms. The molecule has 0 unspecified atom stereocenters. The SMILES string of the molecule is CC(C)NCc1cc([N+](=O)[O-])ccc1OCCO. The van der Waals surface area contributed by atoms with Crippen molar-refractivity contribution in [3.63, 3.8) is 0 Å². The molecule has 0 saturated carbocycles. The van der Waals surface area contributed by atoms with Crippen LogP contribution in [-0.4, -0.2) is 29.3 Å². The molecule has 2 N–H and O–H groups in total. The Kier molecular flexibility index (Phi) is 5.54. The van der Waals surface area contributed by atoms with E-state index in [1.54, 1.807) is 6.07 Å². The summed E-state index contributed by atoms with van der Waals surface area (Å²) in [5, 5.41) is 22.6. The number of hydrogen-bond acceptors (Lipinski definition) is 5. The van der Waals surface area contributed by atoms with Crippen molar-refractivity contribution in [3.8, 4) is 5.75 Å².